The number of pyridine rings is 1. The Kier molecular flexibility index (Phi) is 3.84. The highest BCUT2D eigenvalue weighted by Gasteiger charge is 2.08. The lowest BCUT2D eigenvalue weighted by atomic mass is 10.2. The molecule has 0 unspecified atom stereocenters. The summed E-state index contributed by atoms with van der Waals surface area (Å²) in [5.74, 6) is 1.72. The van der Waals surface area contributed by atoms with Crippen LogP contribution < -0.4 is 15.8 Å². The van der Waals surface area contributed by atoms with Crippen molar-refractivity contribution in [2.24, 2.45) is 0 Å². The van der Waals surface area contributed by atoms with Gasteiger partial charge in [-0.15, -0.1) is 5.10 Å². The molecule has 4 rings (SSSR count). The summed E-state index contributed by atoms with van der Waals surface area (Å²) in [5, 5.41) is 16.6. The summed E-state index contributed by atoms with van der Waals surface area (Å²) in [6.45, 7) is 0. The van der Waals surface area contributed by atoms with Gasteiger partial charge in [-0.3, -0.25) is 0 Å². The van der Waals surface area contributed by atoms with Crippen molar-refractivity contribution < 1.29 is 4.74 Å². The molecule has 7 nitrogen and oxygen atoms in total. The van der Waals surface area contributed by atoms with Crippen molar-refractivity contribution in [1.29, 1.82) is 5.26 Å². The molecular formula is C19H14N6O. The van der Waals surface area contributed by atoms with Gasteiger partial charge in [0.2, 0.25) is 5.95 Å². The number of fused-ring (bicyclic) bond motifs is 1. The summed E-state index contributed by atoms with van der Waals surface area (Å²) in [7, 11) is 0. The van der Waals surface area contributed by atoms with Gasteiger partial charge in [0.1, 0.15) is 17.6 Å². The third-order valence-corrected chi connectivity index (χ3v) is 3.72. The zero-order chi connectivity index (χ0) is 17.9. The number of para-hydroxylation sites is 1. The fraction of sp³-hybridized carbons (Fsp3) is 0. The van der Waals surface area contributed by atoms with Crippen LogP contribution in [0.25, 0.3) is 5.65 Å². The van der Waals surface area contributed by atoms with Crippen LogP contribution in [0.15, 0.2) is 66.9 Å². The quantitative estimate of drug-likeness (QED) is 0.548. The molecule has 0 saturated carbocycles. The minimum atomic E-state index is 0.400. The van der Waals surface area contributed by atoms with Gasteiger partial charge in [-0.2, -0.15) is 10.2 Å². The Hall–Kier alpha value is -4.05. The monoisotopic (exact) mass is 342 g/mol. The van der Waals surface area contributed by atoms with E-state index in [0.717, 1.165) is 0 Å². The van der Waals surface area contributed by atoms with Gasteiger partial charge in [0.15, 0.2) is 5.65 Å². The number of nitriles is 1. The number of ether oxygens (including phenoxy) is 1. The predicted octanol–water partition coefficient (Wildman–Crippen LogP) is 3.72. The molecule has 126 valence electrons. The van der Waals surface area contributed by atoms with Crippen molar-refractivity contribution in [2.45, 2.75) is 0 Å². The minimum absolute atomic E-state index is 0.400. The second-order valence-electron chi connectivity index (χ2n) is 5.55. The fourth-order valence-corrected chi connectivity index (χ4v) is 2.46. The summed E-state index contributed by atoms with van der Waals surface area (Å²) in [6.07, 6.45) is 1.76. The second-order valence-corrected chi connectivity index (χ2v) is 5.55. The minimum Gasteiger partial charge on any atom is -0.457 e. The molecule has 0 fully saturated rings. The fourth-order valence-electron chi connectivity index (χ4n) is 2.46. The highest BCUT2D eigenvalue weighted by molar-refractivity contribution is 5.64. The highest BCUT2D eigenvalue weighted by atomic mass is 16.5. The van der Waals surface area contributed by atoms with Gasteiger partial charge in [0, 0.05) is 18.0 Å². The molecular weight excluding hydrogens is 328 g/mol. The lowest BCUT2D eigenvalue weighted by Crippen LogP contribution is -1.95. The number of nitrogens with one attached hydrogen (secondary N) is 1. The van der Waals surface area contributed by atoms with Crippen LogP contribution in [0, 0.1) is 11.3 Å². The number of anilines is 3. The first-order chi connectivity index (χ1) is 12.7. The first-order valence-corrected chi connectivity index (χ1v) is 7.87. The predicted molar refractivity (Wildman–Crippen MR) is 98.4 cm³/mol. The Balaban J connectivity index is 1.59. The summed E-state index contributed by atoms with van der Waals surface area (Å²) in [6, 6.07) is 20.1. The van der Waals surface area contributed by atoms with Crippen LogP contribution in [0.3, 0.4) is 0 Å². The Bertz CT molecular complexity index is 1110. The standard InChI is InChI=1S/C19H14N6O/c20-12-13-3-1-2-4-17(13)22-19-23-18-11-16(9-10-25(18)24-19)26-15-7-5-14(21)6-8-15/h1-11H,21H2,(H,22,24). The van der Waals surface area contributed by atoms with E-state index in [-0.39, 0.29) is 0 Å². The van der Waals surface area contributed by atoms with E-state index in [1.807, 2.05) is 12.1 Å². The maximum Gasteiger partial charge on any atom is 0.247 e. The van der Waals surface area contributed by atoms with Gasteiger partial charge in [0.25, 0.3) is 0 Å². The molecule has 0 amide bonds. The summed E-state index contributed by atoms with van der Waals surface area (Å²) >= 11 is 0. The summed E-state index contributed by atoms with van der Waals surface area (Å²) in [4.78, 5) is 4.43. The van der Waals surface area contributed by atoms with Gasteiger partial charge in [0.05, 0.1) is 11.3 Å². The lowest BCUT2D eigenvalue weighted by Gasteiger charge is -2.05. The molecule has 0 atom stereocenters. The third kappa shape index (κ3) is 3.12. The second kappa shape index (κ2) is 6.45. The zero-order valence-electron chi connectivity index (χ0n) is 13.6. The van der Waals surface area contributed by atoms with E-state index in [1.54, 1.807) is 59.2 Å². The van der Waals surface area contributed by atoms with Crippen LogP contribution in [0.4, 0.5) is 17.3 Å². The topological polar surface area (TPSA) is 101 Å². The zero-order valence-corrected chi connectivity index (χ0v) is 13.6. The molecule has 0 aliphatic heterocycles. The Morgan fingerprint density at radius 1 is 1.04 bits per heavy atom. The van der Waals surface area contributed by atoms with Gasteiger partial charge >= 0.3 is 0 Å². The SMILES string of the molecule is N#Cc1ccccc1Nc1nc2cc(Oc3ccc(N)cc3)ccn2n1. The maximum atomic E-state index is 9.17. The van der Waals surface area contributed by atoms with Crippen molar-refractivity contribution in [3.8, 4) is 17.6 Å². The number of nitrogens with two attached hydrogens (primary N) is 1. The maximum absolute atomic E-state index is 9.17. The Labute approximate surface area is 149 Å². The molecule has 0 bridgehead atoms. The third-order valence-electron chi connectivity index (χ3n) is 3.72. The van der Waals surface area contributed by atoms with Crippen molar-refractivity contribution in [2.75, 3.05) is 11.1 Å². The van der Waals surface area contributed by atoms with Crippen molar-refractivity contribution in [3.63, 3.8) is 0 Å². The van der Waals surface area contributed by atoms with E-state index in [1.165, 1.54) is 0 Å². The van der Waals surface area contributed by atoms with Gasteiger partial charge in [-0.25, -0.2) is 4.52 Å². The molecule has 2 aromatic heterocycles. The van der Waals surface area contributed by atoms with Crippen LogP contribution in [0.2, 0.25) is 0 Å². The van der Waals surface area contributed by atoms with Crippen LogP contribution in [-0.2, 0) is 0 Å². The first-order valence-electron chi connectivity index (χ1n) is 7.87. The molecule has 26 heavy (non-hydrogen) atoms. The van der Waals surface area contributed by atoms with E-state index in [0.29, 0.717) is 40.0 Å². The number of hydrogen-bond acceptors (Lipinski definition) is 6. The van der Waals surface area contributed by atoms with E-state index in [2.05, 4.69) is 21.5 Å². The number of hydrogen-bond donors (Lipinski definition) is 2. The van der Waals surface area contributed by atoms with Crippen molar-refractivity contribution in [1.82, 2.24) is 14.6 Å². The highest BCUT2D eigenvalue weighted by Crippen LogP contribution is 2.24. The number of nitrogen functional groups attached to an aromatic ring is 1. The van der Waals surface area contributed by atoms with E-state index < -0.39 is 0 Å². The van der Waals surface area contributed by atoms with E-state index >= 15 is 0 Å². The normalized spacial score (nSPS) is 10.4. The molecule has 2 aromatic carbocycles. The summed E-state index contributed by atoms with van der Waals surface area (Å²) < 4.78 is 7.44. The summed E-state index contributed by atoms with van der Waals surface area (Å²) in [5.41, 5.74) is 8.16. The van der Waals surface area contributed by atoms with Gasteiger partial charge in [-0.1, -0.05) is 12.1 Å². The van der Waals surface area contributed by atoms with Crippen molar-refractivity contribution >= 4 is 23.0 Å². The average molecular weight is 342 g/mol. The van der Waals surface area contributed by atoms with Crippen molar-refractivity contribution in [3.05, 3.63) is 72.4 Å². The number of benzene rings is 2. The molecule has 7 heteroatoms. The number of rotatable bonds is 4. The van der Waals surface area contributed by atoms with Gasteiger partial charge < -0.3 is 15.8 Å². The molecule has 4 aromatic rings. The molecule has 2 heterocycles. The van der Waals surface area contributed by atoms with E-state index in [9.17, 15) is 0 Å². The smallest absolute Gasteiger partial charge is 0.247 e. The molecule has 0 spiro atoms. The Morgan fingerprint density at radius 3 is 2.65 bits per heavy atom. The van der Waals surface area contributed by atoms with E-state index in [4.69, 9.17) is 15.7 Å². The average Bonchev–Trinajstić information content (AvgIpc) is 3.05. The van der Waals surface area contributed by atoms with Crippen LogP contribution >= 0.6 is 0 Å². The molecule has 0 saturated heterocycles. The molecule has 0 aliphatic carbocycles. The number of nitrogens with zero attached hydrogens (tertiary/aromatic N) is 4. The lowest BCUT2D eigenvalue weighted by molar-refractivity contribution is 0.482. The molecule has 3 N–H and O–H groups in total. The largest absolute Gasteiger partial charge is 0.457 e. The van der Waals surface area contributed by atoms with Gasteiger partial charge in [-0.05, 0) is 42.5 Å². The van der Waals surface area contributed by atoms with Crippen LogP contribution in [0.1, 0.15) is 5.56 Å². The number of aromatic nitrogens is 3. The first kappa shape index (κ1) is 15.5. The molecule has 0 radical (unpaired) electrons. The van der Waals surface area contributed by atoms with Crippen LogP contribution in [0.5, 0.6) is 11.5 Å². The van der Waals surface area contributed by atoms with Crippen LogP contribution in [-0.4, -0.2) is 14.6 Å². The molecule has 0 aliphatic rings. The Morgan fingerprint density at radius 2 is 1.85 bits per heavy atom.